The lowest BCUT2D eigenvalue weighted by Crippen LogP contribution is -2.08. The van der Waals surface area contributed by atoms with Crippen LogP contribution in [0.3, 0.4) is 0 Å². The molecule has 4 nitrogen and oxygen atoms in total. The molecule has 1 heterocycles. The van der Waals surface area contributed by atoms with Gasteiger partial charge in [0.25, 0.3) is 0 Å². The van der Waals surface area contributed by atoms with Crippen molar-refractivity contribution in [3.63, 3.8) is 0 Å². The number of benzene rings is 2. The molecule has 0 atom stereocenters. The summed E-state index contributed by atoms with van der Waals surface area (Å²) in [7, 11) is 0. The number of hydrogen-bond donors (Lipinski definition) is 1. The van der Waals surface area contributed by atoms with Crippen molar-refractivity contribution < 1.29 is 9.13 Å². The van der Waals surface area contributed by atoms with Crippen LogP contribution in [0.5, 0.6) is 5.75 Å². The van der Waals surface area contributed by atoms with Crippen LogP contribution in [0.15, 0.2) is 54.9 Å². The van der Waals surface area contributed by atoms with Crippen LogP contribution in [-0.2, 0) is 0 Å². The molecule has 0 spiro atoms. The summed E-state index contributed by atoms with van der Waals surface area (Å²) in [6.45, 7) is 1.30. The van der Waals surface area contributed by atoms with E-state index in [2.05, 4.69) is 15.3 Å². The zero-order valence-corrected chi connectivity index (χ0v) is 12.0. The van der Waals surface area contributed by atoms with Gasteiger partial charge in [-0.25, -0.2) is 14.4 Å². The molecule has 3 aromatic rings. The van der Waals surface area contributed by atoms with Crippen LogP contribution in [-0.4, -0.2) is 23.1 Å². The Hall–Kier alpha value is -2.69. The van der Waals surface area contributed by atoms with Gasteiger partial charge in [0, 0.05) is 11.9 Å². The van der Waals surface area contributed by atoms with Crippen LogP contribution in [0.4, 0.5) is 10.2 Å². The van der Waals surface area contributed by atoms with Gasteiger partial charge in [-0.15, -0.1) is 0 Å². The van der Waals surface area contributed by atoms with E-state index in [9.17, 15) is 4.39 Å². The fourth-order valence-corrected chi connectivity index (χ4v) is 2.16. The van der Waals surface area contributed by atoms with E-state index in [0.717, 1.165) is 17.7 Å². The molecule has 2 aromatic carbocycles. The van der Waals surface area contributed by atoms with Crippen molar-refractivity contribution in [1.29, 1.82) is 0 Å². The first-order chi connectivity index (χ1) is 10.8. The minimum absolute atomic E-state index is 0.294. The van der Waals surface area contributed by atoms with Crippen LogP contribution in [0.25, 0.3) is 10.9 Å². The second-order valence-electron chi connectivity index (χ2n) is 4.83. The van der Waals surface area contributed by atoms with Crippen molar-refractivity contribution in [2.45, 2.75) is 6.42 Å². The molecule has 0 unspecified atom stereocenters. The van der Waals surface area contributed by atoms with Crippen LogP contribution >= 0.6 is 0 Å². The third-order valence-corrected chi connectivity index (χ3v) is 3.22. The smallest absolute Gasteiger partial charge is 0.137 e. The van der Waals surface area contributed by atoms with E-state index in [0.29, 0.717) is 24.4 Å². The Kier molecular flexibility index (Phi) is 4.44. The van der Waals surface area contributed by atoms with E-state index in [4.69, 9.17) is 4.74 Å². The summed E-state index contributed by atoms with van der Waals surface area (Å²) in [6.07, 6.45) is 2.29. The van der Waals surface area contributed by atoms with Gasteiger partial charge < -0.3 is 10.1 Å². The number of fused-ring (bicyclic) bond motifs is 1. The average Bonchev–Trinajstić information content (AvgIpc) is 2.56. The fraction of sp³-hybridized carbons (Fsp3) is 0.176. The molecule has 1 N–H and O–H groups in total. The molecule has 0 aliphatic rings. The number of rotatable bonds is 6. The molecule has 5 heteroatoms. The normalized spacial score (nSPS) is 10.6. The number of halogens is 1. The highest BCUT2D eigenvalue weighted by molar-refractivity contribution is 5.88. The van der Waals surface area contributed by atoms with Crippen molar-refractivity contribution in [3.8, 4) is 5.75 Å². The number of para-hydroxylation sites is 1. The maximum absolute atomic E-state index is 13.3. The summed E-state index contributed by atoms with van der Waals surface area (Å²) in [6, 6.07) is 14.2. The molecule has 0 fully saturated rings. The van der Waals surface area contributed by atoms with Crippen molar-refractivity contribution in [3.05, 3.63) is 60.7 Å². The average molecular weight is 297 g/mol. The van der Waals surface area contributed by atoms with Gasteiger partial charge in [-0.2, -0.15) is 0 Å². The van der Waals surface area contributed by atoms with Gasteiger partial charge >= 0.3 is 0 Å². The third-order valence-electron chi connectivity index (χ3n) is 3.22. The molecule has 0 aliphatic carbocycles. The molecule has 0 saturated heterocycles. The lowest BCUT2D eigenvalue weighted by Gasteiger charge is -2.09. The number of nitrogens with one attached hydrogen (secondary N) is 1. The van der Waals surface area contributed by atoms with E-state index in [-0.39, 0.29) is 5.82 Å². The molecule has 0 radical (unpaired) electrons. The highest BCUT2D eigenvalue weighted by atomic mass is 19.1. The molecule has 0 aliphatic heterocycles. The molecule has 0 amide bonds. The topological polar surface area (TPSA) is 47.0 Å². The Morgan fingerprint density at radius 1 is 1.05 bits per heavy atom. The quantitative estimate of drug-likeness (QED) is 0.705. The number of nitrogens with zero attached hydrogens (tertiary/aromatic N) is 2. The Bertz CT molecular complexity index is 749. The third kappa shape index (κ3) is 3.49. The van der Waals surface area contributed by atoms with E-state index in [1.165, 1.54) is 18.5 Å². The maximum atomic E-state index is 13.3. The lowest BCUT2D eigenvalue weighted by molar-refractivity contribution is 0.315. The predicted molar refractivity (Wildman–Crippen MR) is 84.5 cm³/mol. The Balaban J connectivity index is 1.55. The largest absolute Gasteiger partial charge is 0.494 e. The molecule has 0 bridgehead atoms. The van der Waals surface area contributed by atoms with E-state index in [1.54, 1.807) is 6.07 Å². The summed E-state index contributed by atoms with van der Waals surface area (Å²) >= 11 is 0. The van der Waals surface area contributed by atoms with Crippen LogP contribution < -0.4 is 10.1 Å². The summed E-state index contributed by atoms with van der Waals surface area (Å²) in [4.78, 5) is 8.30. The molecular weight excluding hydrogens is 281 g/mol. The number of aromatic nitrogens is 2. The highest BCUT2D eigenvalue weighted by Crippen LogP contribution is 2.19. The molecule has 3 rings (SSSR count). The number of hydrogen-bond acceptors (Lipinski definition) is 4. The van der Waals surface area contributed by atoms with Gasteiger partial charge in [0.1, 0.15) is 23.7 Å². The van der Waals surface area contributed by atoms with Crippen molar-refractivity contribution in [2.24, 2.45) is 0 Å². The van der Waals surface area contributed by atoms with E-state index >= 15 is 0 Å². The van der Waals surface area contributed by atoms with Gasteiger partial charge in [-0.3, -0.25) is 0 Å². The van der Waals surface area contributed by atoms with Gasteiger partial charge in [0.2, 0.25) is 0 Å². The second kappa shape index (κ2) is 6.85. The monoisotopic (exact) mass is 297 g/mol. The summed E-state index contributed by atoms with van der Waals surface area (Å²) in [5, 5.41) is 3.89. The number of anilines is 1. The maximum Gasteiger partial charge on any atom is 0.137 e. The standard InChI is InChI=1S/C17H16FN3O/c18-13-7-8-16-15(11-13)17(21-12-20-16)19-9-4-10-22-14-5-2-1-3-6-14/h1-3,5-8,11-12H,4,9-10H2,(H,19,20,21). The lowest BCUT2D eigenvalue weighted by atomic mass is 10.2. The first kappa shape index (κ1) is 14.3. The summed E-state index contributed by atoms with van der Waals surface area (Å²) in [5.41, 5.74) is 0.722. The van der Waals surface area contributed by atoms with Crippen LogP contribution in [0.2, 0.25) is 0 Å². The highest BCUT2D eigenvalue weighted by Gasteiger charge is 2.04. The van der Waals surface area contributed by atoms with Crippen LogP contribution in [0.1, 0.15) is 6.42 Å². The molecule has 22 heavy (non-hydrogen) atoms. The number of ether oxygens (including phenoxy) is 1. The van der Waals surface area contributed by atoms with Crippen molar-refractivity contribution >= 4 is 16.7 Å². The first-order valence-electron chi connectivity index (χ1n) is 7.15. The van der Waals surface area contributed by atoms with E-state index < -0.39 is 0 Å². The zero-order chi connectivity index (χ0) is 15.2. The van der Waals surface area contributed by atoms with Gasteiger partial charge in [-0.05, 0) is 36.8 Å². The van der Waals surface area contributed by atoms with Gasteiger partial charge in [0.15, 0.2) is 0 Å². The summed E-state index contributed by atoms with van der Waals surface area (Å²) < 4.78 is 19.0. The second-order valence-corrected chi connectivity index (χ2v) is 4.83. The van der Waals surface area contributed by atoms with Crippen molar-refractivity contribution in [2.75, 3.05) is 18.5 Å². The predicted octanol–water partition coefficient (Wildman–Crippen LogP) is 3.65. The molecular formula is C17H16FN3O. The minimum atomic E-state index is -0.294. The van der Waals surface area contributed by atoms with E-state index in [1.807, 2.05) is 30.3 Å². The zero-order valence-electron chi connectivity index (χ0n) is 12.0. The van der Waals surface area contributed by atoms with Crippen molar-refractivity contribution in [1.82, 2.24) is 9.97 Å². The first-order valence-corrected chi connectivity index (χ1v) is 7.15. The summed E-state index contributed by atoms with van der Waals surface area (Å²) in [5.74, 6) is 1.21. The fourth-order valence-electron chi connectivity index (χ4n) is 2.16. The SMILES string of the molecule is Fc1ccc2ncnc(NCCCOc3ccccc3)c2c1. The molecule has 112 valence electrons. The molecule has 1 aromatic heterocycles. The van der Waals surface area contributed by atoms with Gasteiger partial charge in [0.05, 0.1) is 12.1 Å². The Labute approximate surface area is 128 Å². The Morgan fingerprint density at radius 2 is 1.91 bits per heavy atom. The van der Waals surface area contributed by atoms with Gasteiger partial charge in [-0.1, -0.05) is 18.2 Å². The molecule has 0 saturated carbocycles. The Morgan fingerprint density at radius 3 is 2.77 bits per heavy atom. The minimum Gasteiger partial charge on any atom is -0.494 e. The van der Waals surface area contributed by atoms with Crippen LogP contribution in [0, 0.1) is 5.82 Å².